The van der Waals surface area contributed by atoms with Crippen LogP contribution in [-0.2, 0) is 17.9 Å². The van der Waals surface area contributed by atoms with E-state index in [2.05, 4.69) is 10.3 Å². The molecule has 2 rings (SSSR count). The van der Waals surface area contributed by atoms with Crippen LogP contribution in [0.3, 0.4) is 0 Å². The number of hydrogen-bond acceptors (Lipinski definition) is 4. The third kappa shape index (κ3) is 4.38. The van der Waals surface area contributed by atoms with Crippen molar-refractivity contribution in [3.8, 4) is 0 Å². The second kappa shape index (κ2) is 6.83. The lowest BCUT2D eigenvalue weighted by Crippen LogP contribution is -2.19. The van der Waals surface area contributed by atoms with Crippen molar-refractivity contribution in [2.45, 2.75) is 13.2 Å². The SMILES string of the molecule is c1ccc(CNCCOCc2ccco2)nc1. The molecule has 17 heavy (non-hydrogen) atoms. The summed E-state index contributed by atoms with van der Waals surface area (Å²) in [6.45, 7) is 2.76. The van der Waals surface area contributed by atoms with E-state index in [-0.39, 0.29) is 0 Å². The first-order valence-electron chi connectivity index (χ1n) is 5.66. The summed E-state index contributed by atoms with van der Waals surface area (Å²) in [5, 5.41) is 3.26. The molecule has 4 heteroatoms. The van der Waals surface area contributed by atoms with Gasteiger partial charge in [0.25, 0.3) is 0 Å². The molecule has 0 radical (unpaired) electrons. The number of aromatic nitrogens is 1. The maximum atomic E-state index is 5.44. The van der Waals surface area contributed by atoms with Gasteiger partial charge in [-0.05, 0) is 24.3 Å². The molecule has 4 nitrogen and oxygen atoms in total. The molecule has 0 amide bonds. The van der Waals surface area contributed by atoms with E-state index in [1.807, 2.05) is 30.3 Å². The van der Waals surface area contributed by atoms with E-state index in [9.17, 15) is 0 Å². The fourth-order valence-corrected chi connectivity index (χ4v) is 1.43. The van der Waals surface area contributed by atoms with Gasteiger partial charge in [-0.15, -0.1) is 0 Å². The van der Waals surface area contributed by atoms with Crippen molar-refractivity contribution in [1.82, 2.24) is 10.3 Å². The van der Waals surface area contributed by atoms with E-state index >= 15 is 0 Å². The van der Waals surface area contributed by atoms with Crippen LogP contribution in [-0.4, -0.2) is 18.1 Å². The largest absolute Gasteiger partial charge is 0.467 e. The standard InChI is InChI=1S/C13H16N2O2/c1-2-6-15-12(4-1)10-14-7-9-16-11-13-5-3-8-17-13/h1-6,8,14H,7,9-11H2. The van der Waals surface area contributed by atoms with Gasteiger partial charge in [0, 0.05) is 19.3 Å². The lowest BCUT2D eigenvalue weighted by Gasteiger charge is -2.04. The fourth-order valence-electron chi connectivity index (χ4n) is 1.43. The Morgan fingerprint density at radius 1 is 1.24 bits per heavy atom. The summed E-state index contributed by atoms with van der Waals surface area (Å²) in [6.07, 6.45) is 3.45. The Morgan fingerprint density at radius 2 is 2.24 bits per heavy atom. The van der Waals surface area contributed by atoms with Crippen LogP contribution < -0.4 is 5.32 Å². The highest BCUT2D eigenvalue weighted by Crippen LogP contribution is 2.00. The zero-order chi connectivity index (χ0) is 11.8. The van der Waals surface area contributed by atoms with Crippen LogP contribution in [0, 0.1) is 0 Å². The van der Waals surface area contributed by atoms with E-state index in [0.717, 1.165) is 24.5 Å². The van der Waals surface area contributed by atoms with Crippen LogP contribution in [0.25, 0.3) is 0 Å². The average molecular weight is 232 g/mol. The first-order valence-corrected chi connectivity index (χ1v) is 5.66. The molecule has 0 saturated heterocycles. The average Bonchev–Trinajstić information content (AvgIpc) is 2.88. The minimum absolute atomic E-state index is 0.526. The van der Waals surface area contributed by atoms with Crippen molar-refractivity contribution in [2.24, 2.45) is 0 Å². The third-order valence-corrected chi connectivity index (χ3v) is 2.28. The molecule has 2 aromatic heterocycles. The smallest absolute Gasteiger partial charge is 0.129 e. The lowest BCUT2D eigenvalue weighted by molar-refractivity contribution is 0.108. The monoisotopic (exact) mass is 232 g/mol. The summed E-state index contributed by atoms with van der Waals surface area (Å²) in [4.78, 5) is 4.22. The minimum Gasteiger partial charge on any atom is -0.467 e. The highest BCUT2D eigenvalue weighted by atomic mass is 16.5. The number of hydrogen-bond donors (Lipinski definition) is 1. The molecular weight excluding hydrogens is 216 g/mol. The Bertz CT molecular complexity index is 401. The fraction of sp³-hybridized carbons (Fsp3) is 0.308. The first kappa shape index (κ1) is 11.8. The lowest BCUT2D eigenvalue weighted by atomic mass is 10.3. The molecular formula is C13H16N2O2. The van der Waals surface area contributed by atoms with Gasteiger partial charge in [0.15, 0.2) is 0 Å². The molecule has 1 N–H and O–H groups in total. The molecule has 2 aromatic rings. The Balaban J connectivity index is 1.52. The van der Waals surface area contributed by atoms with Crippen molar-refractivity contribution in [3.63, 3.8) is 0 Å². The molecule has 90 valence electrons. The highest BCUT2D eigenvalue weighted by Gasteiger charge is 1.95. The first-order chi connectivity index (χ1) is 8.45. The van der Waals surface area contributed by atoms with E-state index in [0.29, 0.717) is 13.2 Å². The van der Waals surface area contributed by atoms with Crippen LogP contribution in [0.4, 0.5) is 0 Å². The Morgan fingerprint density at radius 3 is 3.00 bits per heavy atom. The zero-order valence-corrected chi connectivity index (χ0v) is 9.63. The van der Waals surface area contributed by atoms with Gasteiger partial charge >= 0.3 is 0 Å². The van der Waals surface area contributed by atoms with Crippen molar-refractivity contribution < 1.29 is 9.15 Å². The van der Waals surface area contributed by atoms with E-state index in [1.54, 1.807) is 12.5 Å². The Hall–Kier alpha value is -1.65. The molecule has 0 aliphatic rings. The summed E-state index contributed by atoms with van der Waals surface area (Å²) in [7, 11) is 0. The second-order valence-corrected chi connectivity index (χ2v) is 3.63. The predicted molar refractivity (Wildman–Crippen MR) is 64.3 cm³/mol. The van der Waals surface area contributed by atoms with Crippen LogP contribution in [0.15, 0.2) is 47.2 Å². The molecule has 0 saturated carbocycles. The van der Waals surface area contributed by atoms with E-state index < -0.39 is 0 Å². The number of nitrogens with one attached hydrogen (secondary N) is 1. The number of pyridine rings is 1. The van der Waals surface area contributed by atoms with Crippen molar-refractivity contribution >= 4 is 0 Å². The van der Waals surface area contributed by atoms with Gasteiger partial charge < -0.3 is 14.5 Å². The van der Waals surface area contributed by atoms with Crippen LogP contribution in [0.5, 0.6) is 0 Å². The molecule has 0 aliphatic carbocycles. The molecule has 0 fully saturated rings. The van der Waals surface area contributed by atoms with Crippen molar-refractivity contribution in [3.05, 3.63) is 54.2 Å². The maximum absolute atomic E-state index is 5.44. The van der Waals surface area contributed by atoms with Gasteiger partial charge in [-0.25, -0.2) is 0 Å². The second-order valence-electron chi connectivity index (χ2n) is 3.63. The summed E-state index contributed by atoms with van der Waals surface area (Å²) in [5.41, 5.74) is 1.04. The van der Waals surface area contributed by atoms with Gasteiger partial charge in [0.1, 0.15) is 12.4 Å². The quantitative estimate of drug-likeness (QED) is 0.741. The molecule has 0 aromatic carbocycles. The molecule has 0 atom stereocenters. The molecule has 0 unspecified atom stereocenters. The third-order valence-electron chi connectivity index (χ3n) is 2.28. The summed E-state index contributed by atoms with van der Waals surface area (Å²) in [6, 6.07) is 9.66. The molecule has 0 spiro atoms. The summed E-state index contributed by atoms with van der Waals surface area (Å²) < 4.78 is 10.6. The van der Waals surface area contributed by atoms with Crippen LogP contribution in [0.1, 0.15) is 11.5 Å². The number of furan rings is 1. The molecule has 2 heterocycles. The minimum atomic E-state index is 0.526. The zero-order valence-electron chi connectivity index (χ0n) is 9.63. The summed E-state index contributed by atoms with van der Waals surface area (Å²) in [5.74, 6) is 0.856. The van der Waals surface area contributed by atoms with Gasteiger partial charge in [-0.2, -0.15) is 0 Å². The van der Waals surface area contributed by atoms with Crippen LogP contribution in [0.2, 0.25) is 0 Å². The molecule has 0 aliphatic heterocycles. The maximum Gasteiger partial charge on any atom is 0.129 e. The van der Waals surface area contributed by atoms with E-state index in [1.165, 1.54) is 0 Å². The van der Waals surface area contributed by atoms with Gasteiger partial charge in [0.2, 0.25) is 0 Å². The predicted octanol–water partition coefficient (Wildman–Crippen LogP) is 1.98. The van der Waals surface area contributed by atoms with Gasteiger partial charge in [-0.1, -0.05) is 6.07 Å². The van der Waals surface area contributed by atoms with Crippen LogP contribution >= 0.6 is 0 Å². The normalized spacial score (nSPS) is 10.6. The Labute approximate surface area is 101 Å². The molecule has 0 bridgehead atoms. The summed E-state index contributed by atoms with van der Waals surface area (Å²) >= 11 is 0. The number of ether oxygens (including phenoxy) is 1. The number of rotatable bonds is 7. The van der Waals surface area contributed by atoms with Crippen molar-refractivity contribution in [2.75, 3.05) is 13.2 Å². The highest BCUT2D eigenvalue weighted by molar-refractivity contribution is 5.02. The Kier molecular flexibility index (Phi) is 4.75. The van der Waals surface area contributed by atoms with Gasteiger partial charge in [0.05, 0.1) is 18.6 Å². The topological polar surface area (TPSA) is 47.3 Å². The van der Waals surface area contributed by atoms with Crippen molar-refractivity contribution in [1.29, 1.82) is 0 Å². The van der Waals surface area contributed by atoms with E-state index in [4.69, 9.17) is 9.15 Å². The number of nitrogens with zero attached hydrogens (tertiary/aromatic N) is 1. The van der Waals surface area contributed by atoms with Gasteiger partial charge in [-0.3, -0.25) is 4.98 Å².